The van der Waals surface area contributed by atoms with Crippen molar-refractivity contribution in [2.45, 2.75) is 39.5 Å². The maximum atomic E-state index is 13.7. The fourth-order valence-electron chi connectivity index (χ4n) is 5.79. The number of urea groups is 1. The lowest BCUT2D eigenvalue weighted by atomic mass is 9.92. The molecule has 6 rings (SSSR count). The maximum absolute atomic E-state index is 13.7. The van der Waals surface area contributed by atoms with Crippen LogP contribution >= 0.6 is 0 Å². The Morgan fingerprint density at radius 2 is 1.68 bits per heavy atom. The molecule has 0 spiro atoms. The number of amides is 3. The highest BCUT2D eigenvalue weighted by Gasteiger charge is 2.22. The van der Waals surface area contributed by atoms with Crippen LogP contribution in [-0.4, -0.2) is 78.4 Å². The standard InChI is InChI=1S/C46H49N7O6/c1-7-32-26-33(28-34(27-32)44(54)48-20-21-57-24-25-58-23-22-56-6)29-41-47-19-18-43(50-41)59-39-17-16-38(36-10-8-9-11-37(36)39)49-45(55)51-42-30-40(46(3,4)5)52-53(42)35-14-12-31(2)13-15-35/h1,8-19,26-28,30H,20-25,29H2,2-6H3,(H,48,54)(H2,49,51,55)/i2D3,12D,13D,14D,15D. The molecule has 0 atom stereocenters. The number of ether oxygens (including phenoxy) is 4. The minimum Gasteiger partial charge on any atom is -0.438 e. The van der Waals surface area contributed by atoms with Crippen LogP contribution in [0.4, 0.5) is 16.3 Å². The van der Waals surface area contributed by atoms with Crippen molar-refractivity contribution in [3.05, 3.63) is 131 Å². The first-order chi connectivity index (χ1) is 31.4. The van der Waals surface area contributed by atoms with E-state index < -0.39 is 48.0 Å². The van der Waals surface area contributed by atoms with Gasteiger partial charge in [0, 0.05) is 69.8 Å². The highest BCUT2D eigenvalue weighted by atomic mass is 16.5. The Morgan fingerprint density at radius 3 is 2.42 bits per heavy atom. The van der Waals surface area contributed by atoms with Crippen LogP contribution in [0.15, 0.2) is 97.1 Å². The largest absolute Gasteiger partial charge is 0.438 e. The van der Waals surface area contributed by atoms with Crippen molar-refractivity contribution < 1.29 is 38.1 Å². The van der Waals surface area contributed by atoms with Crippen LogP contribution in [0.25, 0.3) is 16.5 Å². The van der Waals surface area contributed by atoms with Crippen molar-refractivity contribution in [3.8, 4) is 29.7 Å². The van der Waals surface area contributed by atoms with Gasteiger partial charge < -0.3 is 29.6 Å². The van der Waals surface area contributed by atoms with E-state index in [2.05, 4.69) is 36.9 Å². The number of nitrogens with one attached hydrogen (secondary N) is 3. The number of methoxy groups -OCH3 is 1. The molecule has 6 aromatic rings. The second kappa shape index (κ2) is 19.7. The molecule has 0 saturated carbocycles. The smallest absolute Gasteiger partial charge is 0.324 e. The number of fused-ring (bicyclic) bond motifs is 1. The Morgan fingerprint density at radius 1 is 0.915 bits per heavy atom. The van der Waals surface area contributed by atoms with E-state index in [1.807, 2.05) is 32.9 Å². The summed E-state index contributed by atoms with van der Waals surface area (Å²) in [5, 5.41) is 14.2. The first-order valence-electron chi connectivity index (χ1n) is 22.2. The molecule has 59 heavy (non-hydrogen) atoms. The van der Waals surface area contributed by atoms with Crippen LogP contribution in [0.2, 0.25) is 0 Å². The molecule has 13 nitrogen and oxygen atoms in total. The second-order valence-electron chi connectivity index (χ2n) is 14.2. The predicted octanol–water partition coefficient (Wildman–Crippen LogP) is 7.84. The Bertz CT molecular complexity index is 2760. The molecule has 3 N–H and O–H groups in total. The van der Waals surface area contributed by atoms with E-state index in [0.29, 0.717) is 83.5 Å². The Balaban J connectivity index is 1.17. The van der Waals surface area contributed by atoms with Gasteiger partial charge in [0.25, 0.3) is 5.91 Å². The molecule has 0 aliphatic heterocycles. The average molecular weight is 803 g/mol. The lowest BCUT2D eigenvalue weighted by molar-refractivity contribution is 0.0255. The predicted molar refractivity (Wildman–Crippen MR) is 229 cm³/mol. The quantitative estimate of drug-likeness (QED) is 0.0619. The van der Waals surface area contributed by atoms with Gasteiger partial charge in [-0.05, 0) is 54.8 Å². The van der Waals surface area contributed by atoms with E-state index in [9.17, 15) is 9.59 Å². The van der Waals surface area contributed by atoms with Crippen LogP contribution in [-0.2, 0) is 26.0 Å². The SMILES string of the molecule is [2H]c1c([2H])c(C([2H])([2H])[2H])c([2H])c([2H])c1-n1nc(C(C)(C)C)cc1NC(=O)Nc1ccc(Oc2ccnc(Cc3cc(C#C)cc(C(=O)NCCOCCOCCOC)c3)n2)c2ccccc12. The van der Waals surface area contributed by atoms with Crippen molar-refractivity contribution >= 4 is 34.2 Å². The molecule has 304 valence electrons. The van der Waals surface area contributed by atoms with E-state index in [4.69, 9.17) is 35.0 Å². The van der Waals surface area contributed by atoms with Crippen LogP contribution in [0.1, 0.15) is 68.9 Å². The highest BCUT2D eigenvalue weighted by Crippen LogP contribution is 2.34. The van der Waals surface area contributed by atoms with Crippen molar-refractivity contribution in [2.75, 3.05) is 57.3 Å². The molecule has 0 bridgehead atoms. The molecule has 0 aliphatic rings. The third-order valence-electron chi connectivity index (χ3n) is 8.69. The van der Waals surface area contributed by atoms with E-state index in [1.165, 1.54) is 0 Å². The maximum Gasteiger partial charge on any atom is 0.324 e. The molecule has 2 heterocycles. The van der Waals surface area contributed by atoms with Gasteiger partial charge in [0.2, 0.25) is 5.88 Å². The third kappa shape index (κ3) is 11.5. The van der Waals surface area contributed by atoms with E-state index in [0.717, 1.165) is 4.68 Å². The molecule has 3 amide bonds. The minimum absolute atomic E-state index is 0.0201. The van der Waals surface area contributed by atoms with Gasteiger partial charge in [0.15, 0.2) is 0 Å². The first-order valence-corrected chi connectivity index (χ1v) is 18.7. The molecule has 0 radical (unpaired) electrons. The Kier molecular flexibility index (Phi) is 11.2. The van der Waals surface area contributed by atoms with Gasteiger partial charge >= 0.3 is 6.03 Å². The zero-order valence-electron chi connectivity index (χ0n) is 40.2. The second-order valence-corrected chi connectivity index (χ2v) is 14.2. The van der Waals surface area contributed by atoms with Crippen LogP contribution in [0, 0.1) is 19.2 Å². The summed E-state index contributed by atoms with van der Waals surface area (Å²) in [5.41, 5.74) is 0.845. The molecule has 4 aromatic carbocycles. The van der Waals surface area contributed by atoms with Crippen LogP contribution < -0.4 is 20.7 Å². The lowest BCUT2D eigenvalue weighted by Gasteiger charge is -2.14. The molecular formula is C46H49N7O6. The summed E-state index contributed by atoms with van der Waals surface area (Å²) in [4.78, 5) is 35.8. The number of aromatic nitrogens is 4. The molecule has 13 heteroatoms. The summed E-state index contributed by atoms with van der Waals surface area (Å²) in [6.07, 6.45) is 7.54. The fourth-order valence-corrected chi connectivity index (χ4v) is 5.79. The lowest BCUT2D eigenvalue weighted by Crippen LogP contribution is -2.28. The first kappa shape index (κ1) is 33.4. The van der Waals surface area contributed by atoms with Gasteiger partial charge in [-0.1, -0.05) is 68.6 Å². The van der Waals surface area contributed by atoms with E-state index >= 15 is 0 Å². The summed E-state index contributed by atoms with van der Waals surface area (Å²) < 4.78 is 80.8. The van der Waals surface area contributed by atoms with Gasteiger partial charge in [0.05, 0.1) is 55.6 Å². The summed E-state index contributed by atoms with van der Waals surface area (Å²) >= 11 is 0. The number of hydrogen-bond donors (Lipinski definition) is 3. The number of hydrogen-bond acceptors (Lipinski definition) is 9. The van der Waals surface area contributed by atoms with Gasteiger partial charge in [-0.25, -0.2) is 14.5 Å². The number of carbonyl (C=O) groups is 2. The molecule has 0 saturated heterocycles. The number of carbonyl (C=O) groups excluding carboxylic acids is 2. The summed E-state index contributed by atoms with van der Waals surface area (Å²) in [6, 6.07) is 15.4. The number of anilines is 2. The van der Waals surface area contributed by atoms with Crippen LogP contribution in [0.3, 0.4) is 0 Å². The Hall–Kier alpha value is -6.59. The monoisotopic (exact) mass is 802 g/mol. The third-order valence-corrected chi connectivity index (χ3v) is 8.69. The van der Waals surface area contributed by atoms with Gasteiger partial charge in [0.1, 0.15) is 17.4 Å². The summed E-state index contributed by atoms with van der Waals surface area (Å²) in [7, 11) is 1.60. The molecule has 0 unspecified atom stereocenters. The Labute approximate surface area is 354 Å². The molecule has 0 aliphatic carbocycles. The molecule has 2 aromatic heterocycles. The molecular weight excluding hydrogens is 747 g/mol. The number of benzene rings is 4. The topological polar surface area (TPSA) is 151 Å². The fraction of sp³-hybridized carbons (Fsp3) is 0.283. The number of rotatable bonds is 17. The van der Waals surface area contributed by atoms with Crippen molar-refractivity contribution in [1.29, 1.82) is 0 Å². The van der Waals surface area contributed by atoms with Crippen molar-refractivity contribution in [2.24, 2.45) is 0 Å². The normalized spacial score (nSPS) is 13.2. The number of nitrogens with zero attached hydrogens (tertiary/aromatic N) is 4. The summed E-state index contributed by atoms with van der Waals surface area (Å²) in [6.45, 7) is 5.10. The zero-order valence-corrected chi connectivity index (χ0v) is 33.2. The van der Waals surface area contributed by atoms with Crippen molar-refractivity contribution in [3.63, 3.8) is 0 Å². The summed E-state index contributed by atoms with van der Waals surface area (Å²) in [5.74, 6) is 3.38. The molecule has 0 fully saturated rings. The highest BCUT2D eigenvalue weighted by molar-refractivity contribution is 6.07. The average Bonchev–Trinajstić information content (AvgIpc) is 3.69. The van der Waals surface area contributed by atoms with Crippen molar-refractivity contribution in [1.82, 2.24) is 25.1 Å². The zero-order chi connectivity index (χ0) is 47.8. The van der Waals surface area contributed by atoms with Gasteiger partial charge in [-0.15, -0.1) is 6.42 Å². The van der Waals surface area contributed by atoms with E-state index in [1.54, 1.807) is 67.9 Å². The van der Waals surface area contributed by atoms with Crippen LogP contribution in [0.5, 0.6) is 11.6 Å². The number of terminal acetylenes is 1. The van der Waals surface area contributed by atoms with E-state index in [-0.39, 0.29) is 36.3 Å². The minimum atomic E-state index is -2.90. The van der Waals surface area contributed by atoms with Gasteiger partial charge in [-0.2, -0.15) is 10.1 Å². The van der Waals surface area contributed by atoms with Gasteiger partial charge in [-0.3, -0.25) is 10.1 Å².